The van der Waals surface area contributed by atoms with Crippen LogP contribution in [0.25, 0.3) is 10.2 Å². The summed E-state index contributed by atoms with van der Waals surface area (Å²) in [7, 11) is 0. The van der Waals surface area contributed by atoms with Crippen LogP contribution in [0.2, 0.25) is 0 Å². The lowest BCUT2D eigenvalue weighted by Gasteiger charge is -2.22. The van der Waals surface area contributed by atoms with Crippen LogP contribution in [-0.4, -0.2) is 23.5 Å². The molecule has 0 aliphatic heterocycles. The Kier molecular flexibility index (Phi) is 4.76. The lowest BCUT2D eigenvalue weighted by atomic mass is 10.3. The molecule has 0 N–H and O–H groups in total. The molecule has 0 aliphatic rings. The van der Waals surface area contributed by atoms with E-state index >= 15 is 0 Å². The van der Waals surface area contributed by atoms with Crippen LogP contribution in [0.15, 0.2) is 48.5 Å². The third-order valence-corrected chi connectivity index (χ3v) is 4.63. The summed E-state index contributed by atoms with van der Waals surface area (Å²) in [6.45, 7) is 4.08. The van der Waals surface area contributed by atoms with Crippen molar-refractivity contribution < 1.29 is 13.9 Å². The largest absolute Gasteiger partial charge is 0.481 e. The van der Waals surface area contributed by atoms with Gasteiger partial charge in [-0.15, -0.1) is 0 Å². The summed E-state index contributed by atoms with van der Waals surface area (Å²) in [5.74, 6) is -0.0653. The normalized spacial score (nSPS) is 12.1. The Balaban J connectivity index is 1.78. The number of rotatable bonds is 5. The molecule has 1 amide bonds. The fourth-order valence-electron chi connectivity index (χ4n) is 2.35. The van der Waals surface area contributed by atoms with Crippen molar-refractivity contribution in [2.75, 3.05) is 11.4 Å². The molecule has 3 rings (SSSR count). The van der Waals surface area contributed by atoms with E-state index in [-0.39, 0.29) is 11.7 Å². The number of aromatic nitrogens is 1. The first-order valence-electron chi connectivity index (χ1n) is 7.67. The molecule has 6 heteroatoms. The molecule has 0 aliphatic carbocycles. The predicted octanol–water partition coefficient (Wildman–Crippen LogP) is 4.26. The van der Waals surface area contributed by atoms with Gasteiger partial charge in [0.05, 0.1) is 10.2 Å². The average Bonchev–Trinajstić information content (AvgIpc) is 3.01. The van der Waals surface area contributed by atoms with Crippen molar-refractivity contribution in [3.8, 4) is 5.75 Å². The smallest absolute Gasteiger partial charge is 0.269 e. The number of carbonyl (C=O) groups is 1. The monoisotopic (exact) mass is 344 g/mol. The number of anilines is 1. The Morgan fingerprint density at radius 1 is 1.25 bits per heavy atom. The molecule has 0 fully saturated rings. The Morgan fingerprint density at radius 3 is 2.62 bits per heavy atom. The molecular formula is C18H17FN2O2S. The third-order valence-electron chi connectivity index (χ3n) is 3.57. The second-order valence-electron chi connectivity index (χ2n) is 5.26. The zero-order valence-corrected chi connectivity index (χ0v) is 14.2. The molecule has 1 aromatic heterocycles. The lowest BCUT2D eigenvalue weighted by Crippen LogP contribution is -2.40. The van der Waals surface area contributed by atoms with E-state index in [0.717, 1.165) is 10.2 Å². The molecule has 124 valence electrons. The van der Waals surface area contributed by atoms with E-state index in [1.165, 1.54) is 35.6 Å². The first-order valence-corrected chi connectivity index (χ1v) is 8.49. The lowest BCUT2D eigenvalue weighted by molar-refractivity contribution is -0.124. The quantitative estimate of drug-likeness (QED) is 0.695. The molecule has 0 bridgehead atoms. The van der Waals surface area contributed by atoms with Gasteiger partial charge in [0.25, 0.3) is 5.91 Å². The fraction of sp³-hybridized carbons (Fsp3) is 0.222. The number of benzene rings is 2. The van der Waals surface area contributed by atoms with E-state index in [1.807, 2.05) is 31.2 Å². The van der Waals surface area contributed by atoms with Crippen molar-refractivity contribution in [3.05, 3.63) is 54.3 Å². The van der Waals surface area contributed by atoms with Crippen molar-refractivity contribution in [2.45, 2.75) is 20.0 Å². The minimum absolute atomic E-state index is 0.180. The van der Waals surface area contributed by atoms with Crippen LogP contribution in [-0.2, 0) is 4.79 Å². The summed E-state index contributed by atoms with van der Waals surface area (Å²) < 4.78 is 19.6. The van der Waals surface area contributed by atoms with Gasteiger partial charge >= 0.3 is 0 Å². The molecule has 3 aromatic rings. The van der Waals surface area contributed by atoms with E-state index in [4.69, 9.17) is 4.74 Å². The van der Waals surface area contributed by atoms with Crippen molar-refractivity contribution in [2.24, 2.45) is 0 Å². The number of likely N-dealkylation sites (N-methyl/N-ethyl adjacent to an activating group) is 1. The molecule has 1 atom stereocenters. The SMILES string of the molecule is CCN(C(=O)C(C)Oc1ccc(F)cc1)c1nc2ccccc2s1. The molecule has 2 aromatic carbocycles. The van der Waals surface area contributed by atoms with Gasteiger partial charge in [-0.25, -0.2) is 9.37 Å². The Bertz CT molecular complexity index is 815. The first kappa shape index (κ1) is 16.4. The summed E-state index contributed by atoms with van der Waals surface area (Å²) >= 11 is 1.47. The zero-order valence-electron chi connectivity index (χ0n) is 13.4. The number of para-hydroxylation sites is 1. The molecule has 0 radical (unpaired) electrons. The topological polar surface area (TPSA) is 42.4 Å². The van der Waals surface area contributed by atoms with E-state index in [1.54, 1.807) is 11.8 Å². The maximum Gasteiger partial charge on any atom is 0.269 e. The van der Waals surface area contributed by atoms with Gasteiger partial charge < -0.3 is 4.74 Å². The minimum atomic E-state index is -0.692. The number of halogens is 1. The van der Waals surface area contributed by atoms with Crippen LogP contribution in [0.5, 0.6) is 5.75 Å². The molecule has 1 heterocycles. The number of fused-ring (bicyclic) bond motifs is 1. The summed E-state index contributed by atoms with van der Waals surface area (Å²) in [5, 5.41) is 0.651. The van der Waals surface area contributed by atoms with Crippen LogP contribution in [0.3, 0.4) is 0 Å². The number of thiazole rings is 1. The molecule has 24 heavy (non-hydrogen) atoms. The fourth-order valence-corrected chi connectivity index (χ4v) is 3.38. The highest BCUT2D eigenvalue weighted by molar-refractivity contribution is 7.22. The molecule has 0 saturated heterocycles. The number of nitrogens with zero attached hydrogens (tertiary/aromatic N) is 2. The maximum absolute atomic E-state index is 13.0. The molecular weight excluding hydrogens is 327 g/mol. The average molecular weight is 344 g/mol. The molecule has 4 nitrogen and oxygen atoms in total. The molecule has 0 spiro atoms. The van der Waals surface area contributed by atoms with Crippen LogP contribution in [0.4, 0.5) is 9.52 Å². The van der Waals surface area contributed by atoms with Gasteiger partial charge in [-0.2, -0.15) is 0 Å². The second-order valence-corrected chi connectivity index (χ2v) is 6.27. The van der Waals surface area contributed by atoms with Crippen molar-refractivity contribution in [1.82, 2.24) is 4.98 Å². The number of hydrogen-bond acceptors (Lipinski definition) is 4. The summed E-state index contributed by atoms with van der Waals surface area (Å²) in [6, 6.07) is 13.4. The van der Waals surface area contributed by atoms with Gasteiger partial charge in [0.2, 0.25) is 0 Å². The molecule has 1 unspecified atom stereocenters. The van der Waals surface area contributed by atoms with Crippen LogP contribution < -0.4 is 9.64 Å². The highest BCUT2D eigenvalue weighted by atomic mass is 32.1. The molecule has 0 saturated carbocycles. The van der Waals surface area contributed by atoms with E-state index in [0.29, 0.717) is 17.4 Å². The Labute approximate surface area is 143 Å². The Morgan fingerprint density at radius 2 is 1.96 bits per heavy atom. The highest BCUT2D eigenvalue weighted by Gasteiger charge is 2.24. The van der Waals surface area contributed by atoms with E-state index < -0.39 is 6.10 Å². The summed E-state index contributed by atoms with van der Waals surface area (Å²) in [6.07, 6.45) is -0.692. The van der Waals surface area contributed by atoms with E-state index in [2.05, 4.69) is 4.98 Å². The minimum Gasteiger partial charge on any atom is -0.481 e. The van der Waals surface area contributed by atoms with Gasteiger partial charge in [-0.05, 0) is 50.2 Å². The van der Waals surface area contributed by atoms with Gasteiger partial charge in [-0.3, -0.25) is 9.69 Å². The first-order chi connectivity index (χ1) is 11.6. The van der Waals surface area contributed by atoms with Gasteiger partial charge in [0.1, 0.15) is 11.6 Å². The Hall–Kier alpha value is -2.47. The zero-order chi connectivity index (χ0) is 17.1. The number of carbonyl (C=O) groups excluding carboxylic acids is 1. The highest BCUT2D eigenvalue weighted by Crippen LogP contribution is 2.29. The second kappa shape index (κ2) is 6.97. The van der Waals surface area contributed by atoms with Crippen LogP contribution in [0.1, 0.15) is 13.8 Å². The summed E-state index contributed by atoms with van der Waals surface area (Å²) in [5.41, 5.74) is 0.871. The predicted molar refractivity (Wildman–Crippen MR) is 94.1 cm³/mol. The van der Waals surface area contributed by atoms with Gasteiger partial charge in [0, 0.05) is 6.54 Å². The summed E-state index contributed by atoms with van der Waals surface area (Å²) in [4.78, 5) is 18.9. The maximum atomic E-state index is 13.0. The van der Waals surface area contributed by atoms with Gasteiger partial charge in [0.15, 0.2) is 11.2 Å². The van der Waals surface area contributed by atoms with Crippen molar-refractivity contribution >= 4 is 32.6 Å². The van der Waals surface area contributed by atoms with E-state index in [9.17, 15) is 9.18 Å². The van der Waals surface area contributed by atoms with Crippen molar-refractivity contribution in [1.29, 1.82) is 0 Å². The van der Waals surface area contributed by atoms with Crippen molar-refractivity contribution in [3.63, 3.8) is 0 Å². The van der Waals surface area contributed by atoms with Gasteiger partial charge in [-0.1, -0.05) is 23.5 Å². The number of amides is 1. The van der Waals surface area contributed by atoms with Crippen LogP contribution >= 0.6 is 11.3 Å². The number of ether oxygens (including phenoxy) is 1. The third kappa shape index (κ3) is 3.38. The van der Waals surface area contributed by atoms with Crippen LogP contribution in [0, 0.1) is 5.82 Å². The number of hydrogen-bond donors (Lipinski definition) is 0. The standard InChI is InChI=1S/C18H17FN2O2S/c1-3-21(18-20-15-6-4-5-7-16(15)24-18)17(22)12(2)23-14-10-8-13(19)9-11-14/h4-12H,3H2,1-2H3.